The summed E-state index contributed by atoms with van der Waals surface area (Å²) in [7, 11) is 0. The Kier molecular flexibility index (Phi) is 7.88. The monoisotopic (exact) mass is 620 g/mol. The van der Waals surface area contributed by atoms with Gasteiger partial charge >= 0.3 is 0 Å². The van der Waals surface area contributed by atoms with Crippen LogP contribution in [-0.2, 0) is 18.9 Å². The van der Waals surface area contributed by atoms with Gasteiger partial charge in [0, 0.05) is 30.8 Å². The molecule has 8 rings (SSSR count). The van der Waals surface area contributed by atoms with Gasteiger partial charge < -0.3 is 34.3 Å². The number of hydrogen-bond donors (Lipinski definition) is 3. The second-order valence-corrected chi connectivity index (χ2v) is 15.6. The largest absolute Gasteiger partial charge is 0.388 e. The number of aliphatic hydroxyl groups excluding tert-OH is 1. The molecule has 0 aromatic heterocycles. The van der Waals surface area contributed by atoms with Crippen molar-refractivity contribution < 1.29 is 34.3 Å². The lowest BCUT2D eigenvalue weighted by molar-refractivity contribution is -0.208. The number of allylic oxidation sites excluding steroid dienone is 1. The molecule has 4 unspecified atom stereocenters. The smallest absolute Gasteiger partial charge is 0.171 e. The van der Waals surface area contributed by atoms with Gasteiger partial charge in [-0.1, -0.05) is 48.9 Å². The maximum Gasteiger partial charge on any atom is 0.171 e. The second-order valence-electron chi connectivity index (χ2n) is 15.6. The van der Waals surface area contributed by atoms with Crippen molar-refractivity contribution in [2.45, 2.75) is 126 Å². The average Bonchev–Trinajstić information content (AvgIpc) is 3.75. The molecule has 1 aromatic rings. The summed E-state index contributed by atoms with van der Waals surface area (Å²) in [6, 6.07) is 8.65. The fourth-order valence-electron chi connectivity index (χ4n) is 10.5. The first-order valence-electron chi connectivity index (χ1n) is 17.9. The van der Waals surface area contributed by atoms with E-state index in [1.807, 2.05) is 12.2 Å². The molecule has 0 radical (unpaired) electrons. The molecule has 3 N–H and O–H groups in total. The molecule has 8 atom stereocenters. The molecule has 1 spiro atoms. The molecule has 7 heteroatoms. The van der Waals surface area contributed by atoms with Gasteiger partial charge in [-0.05, 0) is 105 Å². The summed E-state index contributed by atoms with van der Waals surface area (Å²) in [5.41, 5.74) is 2.68. The maximum atomic E-state index is 12.4. The normalized spacial score (nSPS) is 41.7. The molecule has 2 aliphatic heterocycles. The number of benzene rings is 1. The SMILES string of the molecule is C[C@]12C[C@H](c3ccc(C(O)C4CC4)cc3)C3=C4CCC5(C[C@]4(O)CCC3C1CC[C@@]2(O)C=CCOC1CCCCO1)OCCO5. The quantitative estimate of drug-likeness (QED) is 0.311. The highest BCUT2D eigenvalue weighted by Crippen LogP contribution is 2.68. The van der Waals surface area contributed by atoms with Crippen LogP contribution in [0.4, 0.5) is 0 Å². The molecule has 5 aliphatic carbocycles. The van der Waals surface area contributed by atoms with E-state index in [1.165, 1.54) is 16.7 Å². The number of fused-ring (bicyclic) bond motifs is 4. The minimum Gasteiger partial charge on any atom is -0.388 e. The summed E-state index contributed by atoms with van der Waals surface area (Å²) in [5.74, 6) is 0.470. The summed E-state index contributed by atoms with van der Waals surface area (Å²) in [6.07, 6.45) is 15.1. The van der Waals surface area contributed by atoms with Crippen molar-refractivity contribution in [3.63, 3.8) is 0 Å². The van der Waals surface area contributed by atoms with Gasteiger partial charge in [0.2, 0.25) is 0 Å². The minimum absolute atomic E-state index is 0.0922. The Bertz CT molecular complexity index is 1310. The molecular weight excluding hydrogens is 568 g/mol. The Hall–Kier alpha value is -1.58. The van der Waals surface area contributed by atoms with Crippen LogP contribution >= 0.6 is 0 Å². The lowest BCUT2D eigenvalue weighted by Gasteiger charge is -2.57. The van der Waals surface area contributed by atoms with Crippen LogP contribution in [0, 0.1) is 23.2 Å². The predicted molar refractivity (Wildman–Crippen MR) is 169 cm³/mol. The van der Waals surface area contributed by atoms with Gasteiger partial charge in [-0.2, -0.15) is 0 Å². The van der Waals surface area contributed by atoms with Gasteiger partial charge in [0.05, 0.1) is 37.1 Å². The van der Waals surface area contributed by atoms with Crippen LogP contribution < -0.4 is 0 Å². The molecular formula is C38H52O7. The summed E-state index contributed by atoms with van der Waals surface area (Å²) < 4.78 is 24.0. The standard InChI is InChI=1S/C38H52O7/c1-35-23-29(25-6-8-26(9-7-25)34(39)27-10-11-27)33-28(12-16-36(40)24-38(18-14-31(33)36)44-21-22-45-38)30(35)13-17-37(35,41)15-4-20-43-32-5-2-3-19-42-32/h4,6-9,15,27-30,32,34,39-41H,2-3,5,10-14,16-24H2,1H3/t28?,29-,30?,32?,34?,35+,36-,37+/m1/s1. The number of ether oxygens (including phenoxy) is 4. The van der Waals surface area contributed by atoms with E-state index < -0.39 is 23.1 Å². The van der Waals surface area contributed by atoms with Gasteiger partial charge in [0.15, 0.2) is 12.1 Å². The van der Waals surface area contributed by atoms with Crippen molar-refractivity contribution in [1.82, 2.24) is 0 Å². The van der Waals surface area contributed by atoms with Crippen molar-refractivity contribution in [1.29, 1.82) is 0 Å². The van der Waals surface area contributed by atoms with Crippen LogP contribution in [0.25, 0.3) is 0 Å². The molecule has 2 saturated heterocycles. The van der Waals surface area contributed by atoms with Crippen LogP contribution in [0.15, 0.2) is 47.6 Å². The van der Waals surface area contributed by atoms with E-state index in [9.17, 15) is 15.3 Å². The molecule has 1 aromatic carbocycles. The van der Waals surface area contributed by atoms with E-state index in [-0.39, 0.29) is 17.6 Å². The highest BCUT2D eigenvalue weighted by atomic mass is 16.7. The highest BCUT2D eigenvalue weighted by molar-refractivity contribution is 5.45. The third-order valence-corrected chi connectivity index (χ3v) is 13.1. The third kappa shape index (κ3) is 5.29. The zero-order valence-corrected chi connectivity index (χ0v) is 26.9. The first-order valence-corrected chi connectivity index (χ1v) is 17.9. The highest BCUT2D eigenvalue weighted by Gasteiger charge is 2.64. The van der Waals surface area contributed by atoms with Gasteiger partial charge in [-0.25, -0.2) is 0 Å². The van der Waals surface area contributed by atoms with Crippen molar-refractivity contribution in [2.24, 2.45) is 23.2 Å². The molecule has 0 amide bonds. The second kappa shape index (κ2) is 11.5. The van der Waals surface area contributed by atoms with Gasteiger partial charge in [-0.3, -0.25) is 0 Å². The molecule has 45 heavy (non-hydrogen) atoms. The van der Waals surface area contributed by atoms with E-state index in [4.69, 9.17) is 18.9 Å². The van der Waals surface area contributed by atoms with E-state index >= 15 is 0 Å². The minimum atomic E-state index is -0.930. The Morgan fingerprint density at radius 3 is 2.49 bits per heavy atom. The van der Waals surface area contributed by atoms with Crippen LogP contribution in [0.5, 0.6) is 0 Å². The molecule has 7 aliphatic rings. The zero-order chi connectivity index (χ0) is 30.9. The Balaban J connectivity index is 1.13. The zero-order valence-electron chi connectivity index (χ0n) is 26.9. The topological polar surface area (TPSA) is 97.6 Å². The Labute approximate surface area is 268 Å². The fourth-order valence-corrected chi connectivity index (χ4v) is 10.5. The summed E-state index contributed by atoms with van der Waals surface area (Å²) in [6.45, 7) is 4.71. The number of aliphatic hydroxyl groups is 3. The fraction of sp³-hybridized carbons (Fsp3) is 0.737. The van der Waals surface area contributed by atoms with Crippen molar-refractivity contribution in [3.8, 4) is 0 Å². The van der Waals surface area contributed by atoms with Crippen LogP contribution in [0.2, 0.25) is 0 Å². The molecule has 246 valence electrons. The van der Waals surface area contributed by atoms with E-state index in [2.05, 4.69) is 31.2 Å². The number of hydrogen-bond acceptors (Lipinski definition) is 7. The maximum absolute atomic E-state index is 12.4. The van der Waals surface area contributed by atoms with Crippen molar-refractivity contribution in [2.75, 3.05) is 26.4 Å². The van der Waals surface area contributed by atoms with E-state index in [0.717, 1.165) is 82.8 Å². The van der Waals surface area contributed by atoms with Crippen molar-refractivity contribution in [3.05, 3.63) is 58.7 Å². The van der Waals surface area contributed by atoms with Gasteiger partial charge in [-0.15, -0.1) is 0 Å². The van der Waals surface area contributed by atoms with Gasteiger partial charge in [0.1, 0.15) is 0 Å². The molecule has 0 bridgehead atoms. The first-order chi connectivity index (χ1) is 21.7. The van der Waals surface area contributed by atoms with Crippen molar-refractivity contribution >= 4 is 0 Å². The Morgan fingerprint density at radius 2 is 1.76 bits per heavy atom. The molecule has 6 fully saturated rings. The van der Waals surface area contributed by atoms with E-state index in [0.29, 0.717) is 50.4 Å². The van der Waals surface area contributed by atoms with Gasteiger partial charge in [0.25, 0.3) is 0 Å². The Morgan fingerprint density at radius 1 is 0.956 bits per heavy atom. The molecule has 2 heterocycles. The summed E-state index contributed by atoms with van der Waals surface area (Å²) in [4.78, 5) is 0. The average molecular weight is 621 g/mol. The van der Waals surface area contributed by atoms with E-state index in [1.54, 1.807) is 0 Å². The number of rotatable bonds is 7. The van der Waals surface area contributed by atoms with Crippen LogP contribution in [0.3, 0.4) is 0 Å². The first kappa shape index (κ1) is 30.7. The molecule has 7 nitrogen and oxygen atoms in total. The predicted octanol–water partition coefficient (Wildman–Crippen LogP) is 6.23. The molecule has 4 saturated carbocycles. The van der Waals surface area contributed by atoms with Crippen LogP contribution in [-0.4, -0.2) is 65.0 Å². The summed E-state index contributed by atoms with van der Waals surface area (Å²) >= 11 is 0. The lowest BCUT2D eigenvalue weighted by Crippen LogP contribution is -2.55. The summed E-state index contributed by atoms with van der Waals surface area (Å²) in [5, 5.41) is 35.6. The lowest BCUT2D eigenvalue weighted by atomic mass is 9.49. The third-order valence-electron chi connectivity index (χ3n) is 13.1. The van der Waals surface area contributed by atoms with Crippen LogP contribution in [0.1, 0.15) is 114 Å².